The van der Waals surface area contributed by atoms with Crippen LogP contribution in [0.1, 0.15) is 71.6 Å². The van der Waals surface area contributed by atoms with Gasteiger partial charge in [0.2, 0.25) is 0 Å². The van der Waals surface area contributed by atoms with Gasteiger partial charge in [-0.05, 0) is 43.6 Å². The van der Waals surface area contributed by atoms with E-state index in [9.17, 15) is 4.79 Å². The van der Waals surface area contributed by atoms with E-state index in [0.717, 1.165) is 12.8 Å². The van der Waals surface area contributed by atoms with Crippen molar-refractivity contribution < 1.29 is 4.79 Å². The first-order chi connectivity index (χ1) is 8.29. The molecule has 2 rings (SSSR count). The maximum Gasteiger partial charge on any atom is 0.162 e. The predicted octanol–water partition coefficient (Wildman–Crippen LogP) is 4.66. The highest BCUT2D eigenvalue weighted by Crippen LogP contribution is 2.43. The molecule has 0 aromatic carbocycles. The quantitative estimate of drug-likeness (QED) is 0.679. The Morgan fingerprint density at radius 1 is 1.06 bits per heavy atom. The van der Waals surface area contributed by atoms with Gasteiger partial charge in [-0.15, -0.1) is 0 Å². The largest absolute Gasteiger partial charge is 0.294 e. The molecule has 0 radical (unpaired) electrons. The number of rotatable bonds is 2. The van der Waals surface area contributed by atoms with E-state index in [2.05, 4.69) is 13.8 Å². The van der Waals surface area contributed by atoms with Crippen LogP contribution >= 0.6 is 0 Å². The number of hydrogen-bond donors (Lipinski definition) is 0. The van der Waals surface area contributed by atoms with E-state index in [0.29, 0.717) is 17.6 Å². The number of hydrogen-bond acceptors (Lipinski definition) is 1. The van der Waals surface area contributed by atoms with Gasteiger partial charge in [-0.1, -0.05) is 45.1 Å². The fourth-order valence-corrected chi connectivity index (χ4v) is 3.82. The zero-order valence-electron chi connectivity index (χ0n) is 11.4. The van der Waals surface area contributed by atoms with Crippen molar-refractivity contribution in [2.75, 3.05) is 0 Å². The minimum Gasteiger partial charge on any atom is -0.294 e. The van der Waals surface area contributed by atoms with Crippen molar-refractivity contribution in [3.05, 3.63) is 11.1 Å². The average Bonchev–Trinajstić information content (AvgIpc) is 2.64. The maximum atomic E-state index is 12.4. The molecule has 1 saturated carbocycles. The van der Waals surface area contributed by atoms with Crippen molar-refractivity contribution in [1.29, 1.82) is 0 Å². The Bertz CT molecular complexity index is 313. The second kappa shape index (κ2) is 5.84. The second-order valence-electron chi connectivity index (χ2n) is 5.65. The summed E-state index contributed by atoms with van der Waals surface area (Å²) in [5.41, 5.74) is 2.77. The Balaban J connectivity index is 2.26. The molecule has 2 aliphatic carbocycles. The molecule has 2 aliphatic rings. The molecule has 0 saturated heterocycles. The third kappa shape index (κ3) is 2.48. The number of allylic oxidation sites excluding steroid dienone is 2. The van der Waals surface area contributed by atoms with E-state index in [-0.39, 0.29) is 0 Å². The molecule has 1 nitrogen and oxygen atoms in total. The molecular weight excluding hydrogens is 208 g/mol. The molecule has 0 aromatic rings. The van der Waals surface area contributed by atoms with Gasteiger partial charge in [0, 0.05) is 5.92 Å². The lowest BCUT2D eigenvalue weighted by Gasteiger charge is -2.20. The molecule has 0 amide bonds. The summed E-state index contributed by atoms with van der Waals surface area (Å²) < 4.78 is 0. The molecule has 2 unspecified atom stereocenters. The van der Waals surface area contributed by atoms with Crippen molar-refractivity contribution in [1.82, 2.24) is 0 Å². The van der Waals surface area contributed by atoms with Gasteiger partial charge in [0.05, 0.1) is 0 Å². The van der Waals surface area contributed by atoms with Crippen LogP contribution in [0, 0.1) is 11.8 Å². The lowest BCUT2D eigenvalue weighted by molar-refractivity contribution is -0.119. The molecule has 0 spiro atoms. The zero-order chi connectivity index (χ0) is 12.3. The summed E-state index contributed by atoms with van der Waals surface area (Å²) in [7, 11) is 0. The van der Waals surface area contributed by atoms with Gasteiger partial charge in [0.25, 0.3) is 0 Å². The summed E-state index contributed by atoms with van der Waals surface area (Å²) in [6, 6.07) is 0. The topological polar surface area (TPSA) is 17.1 Å². The monoisotopic (exact) mass is 234 g/mol. The van der Waals surface area contributed by atoms with E-state index in [1.807, 2.05) is 0 Å². The van der Waals surface area contributed by atoms with Crippen LogP contribution in [0.5, 0.6) is 0 Å². The van der Waals surface area contributed by atoms with Crippen LogP contribution in [0.15, 0.2) is 11.1 Å². The third-order valence-corrected chi connectivity index (χ3v) is 4.71. The maximum absolute atomic E-state index is 12.4. The SMILES string of the molecule is CCC1=C2CCCCCCCC2C(CC)C1=O. The summed E-state index contributed by atoms with van der Waals surface area (Å²) >= 11 is 0. The highest BCUT2D eigenvalue weighted by molar-refractivity contribution is 6.01. The second-order valence-corrected chi connectivity index (χ2v) is 5.65. The van der Waals surface area contributed by atoms with Crippen molar-refractivity contribution in [2.24, 2.45) is 11.8 Å². The van der Waals surface area contributed by atoms with E-state index >= 15 is 0 Å². The first-order valence-corrected chi connectivity index (χ1v) is 7.55. The molecule has 0 aliphatic heterocycles. The number of carbonyl (C=O) groups excluding carboxylic acids is 1. The number of Topliss-reactive ketones (excluding diaryl/α,β-unsaturated/α-hetero) is 1. The molecule has 0 N–H and O–H groups in total. The minimum atomic E-state index is 0.332. The highest BCUT2D eigenvalue weighted by Gasteiger charge is 2.38. The molecule has 0 bridgehead atoms. The Kier molecular flexibility index (Phi) is 4.42. The first kappa shape index (κ1) is 12.9. The first-order valence-electron chi connectivity index (χ1n) is 7.55. The summed E-state index contributed by atoms with van der Waals surface area (Å²) in [5, 5.41) is 0. The van der Waals surface area contributed by atoms with Gasteiger partial charge in [0.1, 0.15) is 0 Å². The van der Waals surface area contributed by atoms with Gasteiger partial charge >= 0.3 is 0 Å². The smallest absolute Gasteiger partial charge is 0.162 e. The lowest BCUT2D eigenvalue weighted by atomic mass is 9.84. The minimum absolute atomic E-state index is 0.332. The van der Waals surface area contributed by atoms with Crippen LogP contribution in [0.2, 0.25) is 0 Å². The fourth-order valence-electron chi connectivity index (χ4n) is 3.82. The normalized spacial score (nSPS) is 30.8. The van der Waals surface area contributed by atoms with Crippen LogP contribution in [0.25, 0.3) is 0 Å². The van der Waals surface area contributed by atoms with Crippen molar-refractivity contribution in [2.45, 2.75) is 71.6 Å². The van der Waals surface area contributed by atoms with Crippen LogP contribution in [-0.2, 0) is 4.79 Å². The van der Waals surface area contributed by atoms with Gasteiger partial charge in [0.15, 0.2) is 5.78 Å². The van der Waals surface area contributed by atoms with E-state index in [1.165, 1.54) is 50.5 Å². The molecule has 1 heteroatoms. The summed E-state index contributed by atoms with van der Waals surface area (Å²) in [4.78, 5) is 12.4. The molecule has 0 heterocycles. The predicted molar refractivity (Wildman–Crippen MR) is 71.9 cm³/mol. The molecule has 0 aromatic heterocycles. The molecule has 2 atom stereocenters. The van der Waals surface area contributed by atoms with Crippen molar-refractivity contribution >= 4 is 5.78 Å². The average molecular weight is 234 g/mol. The summed E-state index contributed by atoms with van der Waals surface area (Å²) in [6.07, 6.45) is 11.2. The molecular formula is C16H26O. The van der Waals surface area contributed by atoms with Crippen LogP contribution < -0.4 is 0 Å². The number of ketones is 1. The van der Waals surface area contributed by atoms with Crippen LogP contribution in [0.4, 0.5) is 0 Å². The Morgan fingerprint density at radius 3 is 2.47 bits per heavy atom. The Morgan fingerprint density at radius 2 is 1.76 bits per heavy atom. The van der Waals surface area contributed by atoms with Gasteiger partial charge < -0.3 is 0 Å². The number of carbonyl (C=O) groups is 1. The Hall–Kier alpha value is -0.590. The zero-order valence-corrected chi connectivity index (χ0v) is 11.4. The van der Waals surface area contributed by atoms with E-state index in [4.69, 9.17) is 0 Å². The number of fused-ring (bicyclic) bond motifs is 1. The third-order valence-electron chi connectivity index (χ3n) is 4.71. The highest BCUT2D eigenvalue weighted by atomic mass is 16.1. The molecule has 1 fully saturated rings. The van der Waals surface area contributed by atoms with Gasteiger partial charge in [-0.3, -0.25) is 4.79 Å². The summed E-state index contributed by atoms with van der Waals surface area (Å²) in [6.45, 7) is 4.34. The fraction of sp³-hybridized carbons (Fsp3) is 0.812. The van der Waals surface area contributed by atoms with Crippen molar-refractivity contribution in [3.63, 3.8) is 0 Å². The van der Waals surface area contributed by atoms with Crippen molar-refractivity contribution in [3.8, 4) is 0 Å². The van der Waals surface area contributed by atoms with Gasteiger partial charge in [-0.25, -0.2) is 0 Å². The molecule has 96 valence electrons. The van der Waals surface area contributed by atoms with E-state index in [1.54, 1.807) is 5.57 Å². The standard InChI is InChI=1S/C16H26O/c1-3-12-14-10-8-6-5-7-9-11-15(14)13(4-2)16(12)17/h12,14H,3-11H2,1-2H3. The Labute approximate surface area is 106 Å². The van der Waals surface area contributed by atoms with E-state index < -0.39 is 0 Å². The van der Waals surface area contributed by atoms with Gasteiger partial charge in [-0.2, -0.15) is 0 Å². The molecule has 17 heavy (non-hydrogen) atoms. The van der Waals surface area contributed by atoms with Crippen LogP contribution in [-0.4, -0.2) is 5.78 Å². The summed E-state index contributed by atoms with van der Waals surface area (Å²) in [5.74, 6) is 1.44. The lowest BCUT2D eigenvalue weighted by Crippen LogP contribution is -2.17. The van der Waals surface area contributed by atoms with Crippen LogP contribution in [0.3, 0.4) is 0 Å².